The topological polar surface area (TPSA) is 109 Å². The molecular weight excluding hydrogens is 224 g/mol. The average Bonchev–Trinajstić information content (AvgIpc) is 2.31. The molecule has 7 heteroatoms. The first-order valence-electron chi connectivity index (χ1n) is 4.45. The van der Waals surface area contributed by atoms with Gasteiger partial charge in [0.1, 0.15) is 0 Å². The summed E-state index contributed by atoms with van der Waals surface area (Å²) in [5.74, 6) is 0.607. The molecule has 0 N–H and O–H groups in total. The van der Waals surface area contributed by atoms with Crippen LogP contribution in [0.15, 0.2) is 42.7 Å². The highest BCUT2D eigenvalue weighted by Gasteiger charge is 2.07. The van der Waals surface area contributed by atoms with Crippen LogP contribution >= 0.6 is 0 Å². The molecule has 7 nitrogen and oxygen atoms in total. The number of aromatic nitrogens is 2. The van der Waals surface area contributed by atoms with Crippen molar-refractivity contribution in [2.75, 3.05) is 0 Å². The SMILES string of the molecule is O=[N+]([O-])c1ccc(Oc2ccccn2)cn1.[N]. The molecule has 0 aromatic carbocycles. The number of nitrogens with zero attached hydrogens (tertiary/aromatic N) is 4. The van der Waals surface area contributed by atoms with Gasteiger partial charge in [0.05, 0.1) is 0 Å². The Balaban J connectivity index is 0.00000144. The molecule has 0 amide bonds. The molecule has 85 valence electrons. The molecule has 0 fully saturated rings. The summed E-state index contributed by atoms with van der Waals surface area (Å²) >= 11 is 0. The second-order valence-electron chi connectivity index (χ2n) is 2.88. The van der Waals surface area contributed by atoms with Crippen LogP contribution in [0.1, 0.15) is 0 Å². The number of nitro groups is 1. The Morgan fingerprint density at radius 1 is 1.18 bits per heavy atom. The zero-order chi connectivity index (χ0) is 11.4. The van der Waals surface area contributed by atoms with Crippen LogP contribution in [0.2, 0.25) is 0 Å². The minimum absolute atomic E-state index is 0. The molecule has 0 aliphatic heterocycles. The number of pyridine rings is 2. The first-order valence-corrected chi connectivity index (χ1v) is 4.45. The molecule has 0 aliphatic rings. The maximum absolute atomic E-state index is 10.4. The zero-order valence-electron chi connectivity index (χ0n) is 8.56. The van der Waals surface area contributed by atoms with Crippen molar-refractivity contribution in [2.24, 2.45) is 0 Å². The van der Waals surface area contributed by atoms with Crippen LogP contribution in [0.4, 0.5) is 5.82 Å². The Bertz CT molecular complexity index is 487. The van der Waals surface area contributed by atoms with Gasteiger partial charge in [-0.1, -0.05) is 6.07 Å². The molecule has 0 unspecified atom stereocenters. The largest absolute Gasteiger partial charge is 0.435 e. The van der Waals surface area contributed by atoms with Gasteiger partial charge < -0.3 is 14.9 Å². The molecule has 2 aromatic heterocycles. The lowest BCUT2D eigenvalue weighted by Crippen LogP contribution is -1.92. The van der Waals surface area contributed by atoms with E-state index in [0.29, 0.717) is 11.6 Å². The summed E-state index contributed by atoms with van der Waals surface area (Å²) in [6.45, 7) is 0. The predicted molar refractivity (Wildman–Crippen MR) is 57.3 cm³/mol. The average molecular weight is 231 g/mol. The normalized spacial score (nSPS) is 9.18. The predicted octanol–water partition coefficient (Wildman–Crippen LogP) is 1.70. The molecule has 3 radical (unpaired) electrons. The molecule has 2 heterocycles. The van der Waals surface area contributed by atoms with Gasteiger partial charge in [-0.3, -0.25) is 0 Å². The lowest BCUT2D eigenvalue weighted by atomic mass is 10.4. The summed E-state index contributed by atoms with van der Waals surface area (Å²) in [7, 11) is 0. The third-order valence-electron chi connectivity index (χ3n) is 1.77. The molecule has 2 rings (SSSR count). The van der Waals surface area contributed by atoms with Crippen molar-refractivity contribution >= 4 is 5.82 Å². The van der Waals surface area contributed by atoms with Crippen molar-refractivity contribution in [3.63, 3.8) is 0 Å². The van der Waals surface area contributed by atoms with Crippen molar-refractivity contribution in [2.45, 2.75) is 0 Å². The Labute approximate surface area is 96.8 Å². The van der Waals surface area contributed by atoms with E-state index in [4.69, 9.17) is 4.74 Å². The minimum Gasteiger partial charge on any atom is -0.435 e. The third kappa shape index (κ3) is 3.21. The minimum atomic E-state index is -0.565. The molecule has 0 aliphatic carbocycles. The molecule has 2 aromatic rings. The fourth-order valence-electron chi connectivity index (χ4n) is 1.07. The first-order chi connectivity index (χ1) is 7.75. The van der Waals surface area contributed by atoms with Crippen LogP contribution in [0.5, 0.6) is 11.6 Å². The van der Waals surface area contributed by atoms with E-state index >= 15 is 0 Å². The van der Waals surface area contributed by atoms with Crippen LogP contribution in [-0.4, -0.2) is 14.9 Å². The van der Waals surface area contributed by atoms with Crippen molar-refractivity contribution in [1.29, 1.82) is 0 Å². The third-order valence-corrected chi connectivity index (χ3v) is 1.77. The van der Waals surface area contributed by atoms with Gasteiger partial charge in [0, 0.05) is 24.5 Å². The highest BCUT2D eigenvalue weighted by Crippen LogP contribution is 2.19. The van der Waals surface area contributed by atoms with Gasteiger partial charge in [-0.2, -0.15) is 0 Å². The number of rotatable bonds is 3. The van der Waals surface area contributed by atoms with E-state index in [-0.39, 0.29) is 12.0 Å². The van der Waals surface area contributed by atoms with E-state index in [2.05, 4.69) is 9.97 Å². The van der Waals surface area contributed by atoms with Gasteiger partial charge in [0.25, 0.3) is 0 Å². The first kappa shape index (κ1) is 12.5. The number of ether oxygens (including phenoxy) is 1. The molecule has 0 saturated carbocycles. The van der Waals surface area contributed by atoms with Crippen LogP contribution < -0.4 is 10.9 Å². The number of hydrogen-bond acceptors (Lipinski definition) is 5. The van der Waals surface area contributed by atoms with Crippen LogP contribution in [-0.2, 0) is 0 Å². The molecule has 0 saturated heterocycles. The summed E-state index contributed by atoms with van der Waals surface area (Å²) in [5, 5.41) is 10.4. The van der Waals surface area contributed by atoms with Gasteiger partial charge in [-0.05, 0) is 22.0 Å². The second kappa shape index (κ2) is 5.52. The van der Waals surface area contributed by atoms with Crippen molar-refractivity contribution in [3.05, 3.63) is 52.8 Å². The lowest BCUT2D eigenvalue weighted by Gasteiger charge is -2.01. The van der Waals surface area contributed by atoms with E-state index in [1.54, 1.807) is 24.4 Å². The smallest absolute Gasteiger partial charge is 0.363 e. The lowest BCUT2D eigenvalue weighted by molar-refractivity contribution is -0.389. The standard InChI is InChI=1S/C10H7N3O3.N/c14-13(15)9-5-4-8(7-12-9)16-10-3-1-2-6-11-10;/h1-7H;. The fraction of sp³-hybridized carbons (Fsp3) is 0. The molecule has 0 spiro atoms. The van der Waals surface area contributed by atoms with Crippen molar-refractivity contribution in [1.82, 2.24) is 16.1 Å². The van der Waals surface area contributed by atoms with Crippen molar-refractivity contribution in [3.8, 4) is 11.6 Å². The Hall–Kier alpha value is -2.54. The summed E-state index contributed by atoms with van der Waals surface area (Å²) < 4.78 is 5.32. The highest BCUT2D eigenvalue weighted by atomic mass is 16.6. The maximum atomic E-state index is 10.4. The Morgan fingerprint density at radius 3 is 2.53 bits per heavy atom. The summed E-state index contributed by atoms with van der Waals surface area (Å²) in [5.41, 5.74) is 0. The quantitative estimate of drug-likeness (QED) is 0.589. The van der Waals surface area contributed by atoms with Crippen LogP contribution in [0.25, 0.3) is 0 Å². The second-order valence-corrected chi connectivity index (χ2v) is 2.88. The Morgan fingerprint density at radius 2 is 2.00 bits per heavy atom. The maximum Gasteiger partial charge on any atom is 0.363 e. The van der Waals surface area contributed by atoms with E-state index in [0.717, 1.165) is 0 Å². The highest BCUT2D eigenvalue weighted by molar-refractivity contribution is 5.29. The van der Waals surface area contributed by atoms with Gasteiger partial charge in [0.15, 0.2) is 11.9 Å². The summed E-state index contributed by atoms with van der Waals surface area (Å²) in [6.07, 6.45) is 2.88. The van der Waals surface area contributed by atoms with Gasteiger partial charge in [0.2, 0.25) is 5.88 Å². The fourth-order valence-corrected chi connectivity index (χ4v) is 1.07. The van der Waals surface area contributed by atoms with E-state index < -0.39 is 4.92 Å². The molecule has 0 bridgehead atoms. The van der Waals surface area contributed by atoms with E-state index in [9.17, 15) is 10.1 Å². The molecule has 17 heavy (non-hydrogen) atoms. The summed E-state index contributed by atoms with van der Waals surface area (Å²) in [4.78, 5) is 17.4. The zero-order valence-corrected chi connectivity index (χ0v) is 8.56. The van der Waals surface area contributed by atoms with Gasteiger partial charge >= 0.3 is 5.82 Å². The van der Waals surface area contributed by atoms with E-state index in [1.165, 1.54) is 18.3 Å². The molecule has 0 atom stereocenters. The van der Waals surface area contributed by atoms with Gasteiger partial charge in [-0.25, -0.2) is 4.98 Å². The molecular formula is C10H7N4O3. The van der Waals surface area contributed by atoms with Crippen LogP contribution in [0.3, 0.4) is 0 Å². The van der Waals surface area contributed by atoms with E-state index in [1.807, 2.05) is 0 Å². The van der Waals surface area contributed by atoms with Crippen LogP contribution in [0, 0.1) is 10.1 Å². The van der Waals surface area contributed by atoms with Crippen molar-refractivity contribution < 1.29 is 9.66 Å². The monoisotopic (exact) mass is 231 g/mol. The Kier molecular flexibility index (Phi) is 4.07. The summed E-state index contributed by atoms with van der Waals surface area (Å²) in [6, 6.07) is 7.97. The van der Waals surface area contributed by atoms with Gasteiger partial charge in [-0.15, -0.1) is 0 Å². The number of hydrogen-bond donors (Lipinski definition) is 0.